The van der Waals surface area contributed by atoms with Gasteiger partial charge in [-0.2, -0.15) is 0 Å². The summed E-state index contributed by atoms with van der Waals surface area (Å²) in [7, 11) is 0. The summed E-state index contributed by atoms with van der Waals surface area (Å²) in [6.07, 6.45) is 0. The summed E-state index contributed by atoms with van der Waals surface area (Å²) >= 11 is 0. The molecule has 0 bridgehead atoms. The van der Waals surface area contributed by atoms with Crippen molar-refractivity contribution in [2.45, 2.75) is 38.4 Å². The lowest BCUT2D eigenvalue weighted by atomic mass is 9.59. The maximum Gasteiger partial charge on any atom is 0.0243 e. The monoisotopic (exact) mass is 292 g/mol. The maximum atomic E-state index is 8.44. The van der Waals surface area contributed by atoms with E-state index >= 15 is 0 Å². The maximum absolute atomic E-state index is 8.44. The van der Waals surface area contributed by atoms with E-state index < -0.39 is 24.5 Å². The van der Waals surface area contributed by atoms with Crippen molar-refractivity contribution >= 4 is 10.8 Å². The van der Waals surface area contributed by atoms with E-state index in [0.29, 0.717) is 22.3 Å². The van der Waals surface area contributed by atoms with Crippen molar-refractivity contribution in [1.82, 2.24) is 0 Å². The molecule has 4 rings (SSSR count). The van der Waals surface area contributed by atoms with E-state index in [1.807, 2.05) is 36.4 Å². The van der Waals surface area contributed by atoms with Crippen LogP contribution in [0.4, 0.5) is 0 Å². The summed E-state index contributed by atoms with van der Waals surface area (Å²) in [4.78, 5) is 0. The summed E-state index contributed by atoms with van der Waals surface area (Å²) in [6, 6.07) is 18.4. The molecule has 0 nitrogen and oxygen atoms in total. The van der Waals surface area contributed by atoms with E-state index in [1.165, 1.54) is 0 Å². The molecule has 0 spiro atoms. The van der Waals surface area contributed by atoms with Crippen LogP contribution in [0.25, 0.3) is 10.8 Å². The number of hydrogen-bond donors (Lipinski definition) is 0. The van der Waals surface area contributed by atoms with Crippen LogP contribution in [0, 0.1) is 0 Å². The van der Waals surface area contributed by atoms with Crippen molar-refractivity contribution in [1.29, 1.82) is 0 Å². The SMILES string of the molecule is [2H]C([2H])([2H])C1(C)c2ccccc2C(C)(C([2H])([2H])[2H])c2c1ccc1ccccc21. The van der Waals surface area contributed by atoms with Crippen LogP contribution in [-0.2, 0) is 10.8 Å². The molecule has 1 aliphatic carbocycles. The minimum Gasteiger partial charge on any atom is -0.0619 e. The Morgan fingerprint density at radius 1 is 0.682 bits per heavy atom. The van der Waals surface area contributed by atoms with Crippen molar-refractivity contribution in [3.8, 4) is 0 Å². The van der Waals surface area contributed by atoms with Crippen molar-refractivity contribution in [3.05, 3.63) is 82.9 Å². The van der Waals surface area contributed by atoms with E-state index in [9.17, 15) is 0 Å². The van der Waals surface area contributed by atoms with Crippen molar-refractivity contribution < 1.29 is 8.22 Å². The molecule has 22 heavy (non-hydrogen) atoms. The average Bonchev–Trinajstić information content (AvgIpc) is 2.63. The lowest BCUT2D eigenvalue weighted by Gasteiger charge is -2.44. The van der Waals surface area contributed by atoms with Gasteiger partial charge in [-0.25, -0.2) is 0 Å². The molecule has 0 N–H and O–H groups in total. The molecule has 110 valence electrons. The molecule has 0 aliphatic heterocycles. The number of hydrogen-bond acceptors (Lipinski definition) is 0. The summed E-state index contributed by atoms with van der Waals surface area (Å²) in [6.45, 7) is -1.25. The van der Waals surface area contributed by atoms with E-state index in [2.05, 4.69) is 0 Å². The first-order valence-electron chi connectivity index (χ1n) is 10.6. The van der Waals surface area contributed by atoms with Gasteiger partial charge in [0, 0.05) is 19.1 Å². The second kappa shape index (κ2) is 4.23. The van der Waals surface area contributed by atoms with Crippen LogP contribution in [0.2, 0.25) is 0 Å². The summed E-state index contributed by atoms with van der Waals surface area (Å²) in [5.41, 5.74) is -0.307. The van der Waals surface area contributed by atoms with E-state index in [4.69, 9.17) is 8.22 Å². The summed E-state index contributed by atoms with van der Waals surface area (Å²) in [5.74, 6) is 0. The lowest BCUT2D eigenvalue weighted by molar-refractivity contribution is 0.525. The fourth-order valence-electron chi connectivity index (χ4n) is 3.86. The Morgan fingerprint density at radius 2 is 1.32 bits per heavy atom. The molecule has 2 atom stereocenters. The van der Waals surface area contributed by atoms with Gasteiger partial charge in [0.15, 0.2) is 0 Å². The van der Waals surface area contributed by atoms with Gasteiger partial charge in [-0.05, 0) is 33.0 Å². The highest BCUT2D eigenvalue weighted by molar-refractivity contribution is 5.90. The third-order valence-electron chi connectivity index (χ3n) is 4.97. The number of benzene rings is 3. The Morgan fingerprint density at radius 3 is 2.05 bits per heavy atom. The van der Waals surface area contributed by atoms with Crippen LogP contribution in [0.15, 0.2) is 60.7 Å². The van der Waals surface area contributed by atoms with Gasteiger partial charge in [0.05, 0.1) is 0 Å². The Labute approximate surface area is 141 Å². The van der Waals surface area contributed by atoms with Gasteiger partial charge in [0.25, 0.3) is 0 Å². The number of fused-ring (bicyclic) bond motifs is 4. The molecule has 0 fully saturated rings. The lowest BCUT2D eigenvalue weighted by Crippen LogP contribution is -2.36. The Bertz CT molecular complexity index is 1080. The van der Waals surface area contributed by atoms with Gasteiger partial charge < -0.3 is 0 Å². The van der Waals surface area contributed by atoms with Crippen LogP contribution in [0.1, 0.15) is 58.0 Å². The quantitative estimate of drug-likeness (QED) is 0.491. The minimum atomic E-state index is -2.35. The van der Waals surface area contributed by atoms with Crippen LogP contribution >= 0.6 is 0 Å². The number of rotatable bonds is 0. The first-order chi connectivity index (χ1) is 12.9. The molecular weight excluding hydrogens is 264 g/mol. The zero-order valence-corrected chi connectivity index (χ0v) is 12.8. The third-order valence-corrected chi connectivity index (χ3v) is 4.97. The zero-order valence-electron chi connectivity index (χ0n) is 18.8. The fraction of sp³-hybridized carbons (Fsp3) is 0.273. The standard InChI is InChI=1S/C22H22/c1-21(2)17-11-7-8-12-18(17)22(3,4)20-16-10-6-5-9-15(16)13-14-19(20)21/h5-14H,1-4H3/i1D3,3D3. The normalized spacial score (nSPS) is 31.7. The largest absolute Gasteiger partial charge is 0.0619 e. The molecule has 3 aromatic carbocycles. The van der Waals surface area contributed by atoms with E-state index in [1.54, 1.807) is 38.1 Å². The first kappa shape index (κ1) is 8.53. The van der Waals surface area contributed by atoms with Crippen LogP contribution in [0.3, 0.4) is 0 Å². The van der Waals surface area contributed by atoms with Gasteiger partial charge in [0.2, 0.25) is 0 Å². The molecule has 3 aromatic rings. The molecule has 0 aromatic heterocycles. The van der Waals surface area contributed by atoms with Gasteiger partial charge in [0.1, 0.15) is 0 Å². The van der Waals surface area contributed by atoms with Crippen molar-refractivity contribution in [3.63, 3.8) is 0 Å². The Hall–Kier alpha value is -2.08. The molecule has 2 unspecified atom stereocenters. The average molecular weight is 292 g/mol. The van der Waals surface area contributed by atoms with E-state index in [-0.39, 0.29) is 0 Å². The molecule has 0 amide bonds. The molecule has 0 saturated carbocycles. The minimum absolute atomic E-state index is 0.566. The van der Waals surface area contributed by atoms with Gasteiger partial charge >= 0.3 is 0 Å². The Balaban J connectivity index is 2.28. The van der Waals surface area contributed by atoms with Crippen molar-refractivity contribution in [2.75, 3.05) is 0 Å². The third kappa shape index (κ3) is 1.58. The molecule has 0 heterocycles. The van der Waals surface area contributed by atoms with Crippen LogP contribution in [0.5, 0.6) is 0 Å². The molecule has 1 aliphatic rings. The smallest absolute Gasteiger partial charge is 0.0243 e. The molecule has 0 radical (unpaired) electrons. The van der Waals surface area contributed by atoms with Crippen molar-refractivity contribution in [2.24, 2.45) is 0 Å². The highest BCUT2D eigenvalue weighted by atomic mass is 14.4. The predicted molar refractivity (Wildman–Crippen MR) is 94.6 cm³/mol. The van der Waals surface area contributed by atoms with E-state index in [0.717, 1.165) is 10.8 Å². The van der Waals surface area contributed by atoms with Gasteiger partial charge in [-0.1, -0.05) is 88.2 Å². The second-order valence-electron chi connectivity index (χ2n) is 6.50. The highest BCUT2D eigenvalue weighted by Gasteiger charge is 2.42. The second-order valence-corrected chi connectivity index (χ2v) is 6.50. The zero-order chi connectivity index (χ0) is 20.5. The van der Waals surface area contributed by atoms with Gasteiger partial charge in [-0.15, -0.1) is 0 Å². The fourth-order valence-corrected chi connectivity index (χ4v) is 3.86. The van der Waals surface area contributed by atoms with Gasteiger partial charge in [-0.3, -0.25) is 0 Å². The molecule has 0 saturated heterocycles. The molecular formula is C22H22. The van der Waals surface area contributed by atoms with Crippen LogP contribution in [-0.4, -0.2) is 0 Å². The summed E-state index contributed by atoms with van der Waals surface area (Å²) in [5, 5.41) is 1.70. The first-order valence-corrected chi connectivity index (χ1v) is 7.57. The highest BCUT2D eigenvalue weighted by Crippen LogP contribution is 2.51. The topological polar surface area (TPSA) is 0 Å². The predicted octanol–water partition coefficient (Wildman–Crippen LogP) is 5.81. The van der Waals surface area contributed by atoms with Crippen LogP contribution < -0.4 is 0 Å². The molecule has 0 heteroatoms. The summed E-state index contributed by atoms with van der Waals surface area (Å²) < 4.78 is 50.4. The Kier molecular flexibility index (Phi) is 1.64.